The van der Waals surface area contributed by atoms with Gasteiger partial charge in [-0.1, -0.05) is 6.42 Å². The number of piperidine rings is 1. The quantitative estimate of drug-likeness (QED) is 0.614. The number of hydrogen-bond acceptors (Lipinski definition) is 2. The Morgan fingerprint density at radius 1 is 1.25 bits per heavy atom. The largest absolute Gasteiger partial charge is 0.291 e. The van der Waals surface area contributed by atoms with Crippen molar-refractivity contribution in [2.75, 3.05) is 13.1 Å². The van der Waals surface area contributed by atoms with Gasteiger partial charge in [-0.25, -0.2) is 0 Å². The molecule has 0 aromatic rings. The summed E-state index contributed by atoms with van der Waals surface area (Å²) in [4.78, 5) is 2.54. The third kappa shape index (κ3) is 1.80. The third-order valence-electron chi connectivity index (χ3n) is 3.41. The number of rotatable bonds is 1. The Hall–Kier alpha value is 0.310. The standard InChI is InChI=1S/C10H19NS/c1-8(12)11-6-9-3-2-4-10(5-9)7-11/h8-10,12H,2-7H2,1H3. The molecule has 0 spiro atoms. The SMILES string of the molecule is CC(S)N1CC2CCCC(C2)C1. The van der Waals surface area contributed by atoms with Crippen LogP contribution in [0, 0.1) is 11.8 Å². The van der Waals surface area contributed by atoms with Gasteiger partial charge in [0.15, 0.2) is 0 Å². The van der Waals surface area contributed by atoms with Gasteiger partial charge in [-0.3, -0.25) is 4.90 Å². The van der Waals surface area contributed by atoms with Gasteiger partial charge in [0, 0.05) is 18.5 Å². The van der Waals surface area contributed by atoms with E-state index in [-0.39, 0.29) is 0 Å². The molecule has 0 radical (unpaired) electrons. The Morgan fingerprint density at radius 2 is 1.83 bits per heavy atom. The number of likely N-dealkylation sites (tertiary alicyclic amines) is 1. The van der Waals surface area contributed by atoms with Crippen LogP contribution in [0.15, 0.2) is 0 Å². The van der Waals surface area contributed by atoms with Crippen molar-refractivity contribution in [3.05, 3.63) is 0 Å². The molecule has 1 aliphatic carbocycles. The lowest BCUT2D eigenvalue weighted by Crippen LogP contribution is -2.45. The Labute approximate surface area is 80.9 Å². The molecular formula is C10H19NS. The molecule has 2 heteroatoms. The Bertz CT molecular complexity index is 146. The van der Waals surface area contributed by atoms with Crippen LogP contribution in [-0.2, 0) is 0 Å². The van der Waals surface area contributed by atoms with Crippen LogP contribution in [-0.4, -0.2) is 23.4 Å². The topological polar surface area (TPSA) is 3.24 Å². The molecule has 1 nitrogen and oxygen atoms in total. The average Bonchev–Trinajstić information content (AvgIpc) is 2.03. The maximum atomic E-state index is 4.51. The second kappa shape index (κ2) is 3.59. The van der Waals surface area contributed by atoms with Crippen LogP contribution in [0.2, 0.25) is 0 Å². The second-order valence-corrected chi connectivity index (χ2v) is 5.23. The van der Waals surface area contributed by atoms with E-state index in [1.165, 1.54) is 38.8 Å². The summed E-state index contributed by atoms with van der Waals surface area (Å²) in [5.74, 6) is 1.99. The predicted octanol–water partition coefficient (Wildman–Crippen LogP) is 2.38. The van der Waals surface area contributed by atoms with Crippen LogP contribution in [0.4, 0.5) is 0 Å². The van der Waals surface area contributed by atoms with Crippen molar-refractivity contribution in [2.24, 2.45) is 11.8 Å². The summed E-state index contributed by atoms with van der Waals surface area (Å²) < 4.78 is 0. The fourth-order valence-electron chi connectivity index (χ4n) is 2.78. The number of hydrogen-bond donors (Lipinski definition) is 1. The van der Waals surface area contributed by atoms with Crippen LogP contribution in [0.25, 0.3) is 0 Å². The highest BCUT2D eigenvalue weighted by atomic mass is 32.1. The summed E-state index contributed by atoms with van der Waals surface area (Å²) in [6.45, 7) is 4.81. The fourth-order valence-corrected chi connectivity index (χ4v) is 2.97. The van der Waals surface area contributed by atoms with E-state index < -0.39 is 0 Å². The minimum Gasteiger partial charge on any atom is -0.291 e. The molecule has 1 heterocycles. The highest BCUT2D eigenvalue weighted by Crippen LogP contribution is 2.35. The molecule has 0 aromatic carbocycles. The van der Waals surface area contributed by atoms with Gasteiger partial charge >= 0.3 is 0 Å². The molecule has 70 valence electrons. The molecule has 1 saturated heterocycles. The lowest BCUT2D eigenvalue weighted by atomic mass is 9.78. The fraction of sp³-hybridized carbons (Fsp3) is 1.00. The van der Waals surface area contributed by atoms with Crippen molar-refractivity contribution in [1.82, 2.24) is 4.90 Å². The van der Waals surface area contributed by atoms with Gasteiger partial charge in [0.25, 0.3) is 0 Å². The van der Waals surface area contributed by atoms with E-state index >= 15 is 0 Å². The van der Waals surface area contributed by atoms with Gasteiger partial charge in [-0.2, -0.15) is 12.6 Å². The smallest absolute Gasteiger partial charge is 0.0499 e. The van der Waals surface area contributed by atoms with Crippen LogP contribution < -0.4 is 0 Å². The van der Waals surface area contributed by atoms with Crippen molar-refractivity contribution in [3.63, 3.8) is 0 Å². The van der Waals surface area contributed by atoms with E-state index in [1.54, 1.807) is 0 Å². The van der Waals surface area contributed by atoms with Crippen molar-refractivity contribution in [1.29, 1.82) is 0 Å². The van der Waals surface area contributed by atoms with E-state index in [2.05, 4.69) is 24.5 Å². The predicted molar refractivity (Wildman–Crippen MR) is 55.5 cm³/mol. The molecule has 2 rings (SSSR count). The molecule has 3 atom stereocenters. The van der Waals surface area contributed by atoms with E-state index in [4.69, 9.17) is 0 Å². The van der Waals surface area contributed by atoms with E-state index in [0.29, 0.717) is 5.37 Å². The zero-order valence-electron chi connectivity index (χ0n) is 7.87. The average molecular weight is 185 g/mol. The Kier molecular flexibility index (Phi) is 2.66. The van der Waals surface area contributed by atoms with Crippen LogP contribution in [0.5, 0.6) is 0 Å². The van der Waals surface area contributed by atoms with Crippen molar-refractivity contribution in [2.45, 2.75) is 38.0 Å². The van der Waals surface area contributed by atoms with Gasteiger partial charge in [-0.05, 0) is 38.0 Å². The summed E-state index contributed by atoms with van der Waals surface area (Å²) in [5, 5.41) is 0.466. The molecule has 2 aliphatic rings. The van der Waals surface area contributed by atoms with Gasteiger partial charge in [0.05, 0.1) is 0 Å². The van der Waals surface area contributed by atoms with Gasteiger partial charge < -0.3 is 0 Å². The van der Waals surface area contributed by atoms with Crippen LogP contribution >= 0.6 is 12.6 Å². The summed E-state index contributed by atoms with van der Waals surface area (Å²) >= 11 is 4.51. The zero-order chi connectivity index (χ0) is 8.55. The lowest BCUT2D eigenvalue weighted by molar-refractivity contribution is 0.0826. The minimum atomic E-state index is 0.466. The Balaban J connectivity index is 1.96. The Morgan fingerprint density at radius 3 is 2.33 bits per heavy atom. The van der Waals surface area contributed by atoms with Gasteiger partial charge in [0.1, 0.15) is 0 Å². The summed E-state index contributed by atoms with van der Waals surface area (Å²) in [5.41, 5.74) is 0. The summed E-state index contributed by atoms with van der Waals surface area (Å²) in [6.07, 6.45) is 5.90. The molecular weight excluding hydrogens is 166 g/mol. The number of nitrogens with zero attached hydrogens (tertiary/aromatic N) is 1. The summed E-state index contributed by atoms with van der Waals surface area (Å²) in [7, 11) is 0. The third-order valence-corrected chi connectivity index (χ3v) is 3.73. The molecule has 1 aliphatic heterocycles. The van der Waals surface area contributed by atoms with E-state index in [1.807, 2.05) is 0 Å². The minimum absolute atomic E-state index is 0.466. The van der Waals surface area contributed by atoms with Crippen molar-refractivity contribution in [3.8, 4) is 0 Å². The first-order valence-electron chi connectivity index (χ1n) is 5.18. The van der Waals surface area contributed by atoms with Crippen LogP contribution in [0.1, 0.15) is 32.6 Å². The zero-order valence-corrected chi connectivity index (χ0v) is 8.76. The molecule has 0 aromatic heterocycles. The normalized spacial score (nSPS) is 39.5. The lowest BCUT2D eigenvalue weighted by Gasteiger charge is -2.42. The maximum Gasteiger partial charge on any atom is 0.0499 e. The highest BCUT2D eigenvalue weighted by molar-refractivity contribution is 7.80. The molecule has 2 fully saturated rings. The number of thiol groups is 1. The molecule has 0 amide bonds. The highest BCUT2D eigenvalue weighted by Gasteiger charge is 2.31. The maximum absolute atomic E-state index is 4.51. The second-order valence-electron chi connectivity index (χ2n) is 4.48. The van der Waals surface area contributed by atoms with Gasteiger partial charge in [0.2, 0.25) is 0 Å². The van der Waals surface area contributed by atoms with E-state index in [0.717, 1.165) is 11.8 Å². The molecule has 12 heavy (non-hydrogen) atoms. The first kappa shape index (κ1) is 8.89. The van der Waals surface area contributed by atoms with Crippen molar-refractivity contribution < 1.29 is 0 Å². The molecule has 0 N–H and O–H groups in total. The molecule has 1 saturated carbocycles. The van der Waals surface area contributed by atoms with Crippen molar-refractivity contribution >= 4 is 12.6 Å². The summed E-state index contributed by atoms with van der Waals surface area (Å²) in [6, 6.07) is 0. The van der Waals surface area contributed by atoms with Crippen LogP contribution in [0.3, 0.4) is 0 Å². The first-order chi connectivity index (χ1) is 5.75. The first-order valence-corrected chi connectivity index (χ1v) is 5.69. The number of fused-ring (bicyclic) bond motifs is 2. The van der Waals surface area contributed by atoms with Gasteiger partial charge in [-0.15, -0.1) is 0 Å². The molecule has 2 bridgehead atoms. The monoisotopic (exact) mass is 185 g/mol. The molecule has 3 unspecified atom stereocenters. The van der Waals surface area contributed by atoms with E-state index in [9.17, 15) is 0 Å².